The van der Waals surface area contributed by atoms with Crippen molar-refractivity contribution in [2.45, 2.75) is 13.8 Å². The van der Waals surface area contributed by atoms with Gasteiger partial charge in [0.05, 0.1) is 11.6 Å². The Balaban J connectivity index is 1.65. The van der Waals surface area contributed by atoms with E-state index in [1.807, 2.05) is 25.1 Å². The lowest BCUT2D eigenvalue weighted by Gasteiger charge is -2.14. The van der Waals surface area contributed by atoms with Gasteiger partial charge in [-0.05, 0) is 87.3 Å². The van der Waals surface area contributed by atoms with Crippen LogP contribution < -0.4 is 0 Å². The largest absolute Gasteiger partial charge is 0.192 e. The van der Waals surface area contributed by atoms with Crippen molar-refractivity contribution in [3.05, 3.63) is 139 Å². The molecule has 0 saturated heterocycles. The summed E-state index contributed by atoms with van der Waals surface area (Å²) in [5.41, 5.74) is 10.9. The molecule has 0 aliphatic heterocycles. The molecule has 0 aliphatic carbocycles. The van der Waals surface area contributed by atoms with Gasteiger partial charge in [-0.2, -0.15) is 5.26 Å². The second-order valence-corrected chi connectivity index (χ2v) is 9.01. The lowest BCUT2D eigenvalue weighted by Crippen LogP contribution is -1.89. The Kier molecular flexibility index (Phi) is 6.35. The van der Waals surface area contributed by atoms with E-state index in [0.717, 1.165) is 33.4 Å². The molecule has 5 aromatic rings. The molecule has 0 fully saturated rings. The maximum atomic E-state index is 9.77. The van der Waals surface area contributed by atoms with E-state index in [1.54, 1.807) is 0 Å². The van der Waals surface area contributed by atoms with E-state index in [-0.39, 0.29) is 0 Å². The number of hydrogen-bond acceptors (Lipinski definition) is 1. The summed E-state index contributed by atoms with van der Waals surface area (Å²) < 4.78 is 0. The molecule has 0 bridgehead atoms. The van der Waals surface area contributed by atoms with Gasteiger partial charge in [0.1, 0.15) is 0 Å². The molecular weight excluding hydrogens is 434 g/mol. The van der Waals surface area contributed by atoms with Gasteiger partial charge in [-0.25, -0.2) is 0 Å². The average Bonchev–Trinajstić information content (AvgIpc) is 2.93. The fourth-order valence-electron chi connectivity index (χ4n) is 4.81. The van der Waals surface area contributed by atoms with Crippen molar-refractivity contribution in [3.63, 3.8) is 0 Å². The molecule has 5 rings (SSSR count). The number of hydrogen-bond donors (Lipinski definition) is 0. The first kappa shape index (κ1) is 23.1. The number of fused-ring (bicyclic) bond motifs is 1. The van der Waals surface area contributed by atoms with Crippen LogP contribution in [-0.4, -0.2) is 0 Å². The number of nitrogens with zero attached hydrogens (tertiary/aromatic N) is 1. The Bertz CT molecular complexity index is 1640. The topological polar surface area (TPSA) is 23.8 Å². The van der Waals surface area contributed by atoms with Crippen molar-refractivity contribution in [2.24, 2.45) is 0 Å². The second kappa shape index (κ2) is 9.90. The molecule has 0 aromatic heterocycles. The SMILES string of the molecule is C=C/C(=C\C)c1ccc(-c2ccc(-c3cc(C#N)cc(-c4ccc(C)cc4)c3)c3ccccc23)cc1. The summed E-state index contributed by atoms with van der Waals surface area (Å²) in [5, 5.41) is 12.1. The molecule has 36 heavy (non-hydrogen) atoms. The number of allylic oxidation sites excluding steroid dienone is 3. The third-order valence-corrected chi connectivity index (χ3v) is 6.74. The fraction of sp³-hybridized carbons (Fsp3) is 0.0571. The van der Waals surface area contributed by atoms with Gasteiger partial charge >= 0.3 is 0 Å². The summed E-state index contributed by atoms with van der Waals surface area (Å²) in [5.74, 6) is 0. The van der Waals surface area contributed by atoms with Crippen molar-refractivity contribution < 1.29 is 0 Å². The minimum absolute atomic E-state index is 0.661. The Hall–Kier alpha value is -4.67. The van der Waals surface area contributed by atoms with Crippen LogP contribution in [0.15, 0.2) is 122 Å². The zero-order chi connectivity index (χ0) is 25.1. The fourth-order valence-corrected chi connectivity index (χ4v) is 4.81. The van der Waals surface area contributed by atoms with Crippen LogP contribution in [0, 0.1) is 18.3 Å². The van der Waals surface area contributed by atoms with Crippen LogP contribution in [0.3, 0.4) is 0 Å². The molecule has 0 N–H and O–H groups in total. The number of rotatable bonds is 5. The van der Waals surface area contributed by atoms with E-state index in [4.69, 9.17) is 0 Å². The monoisotopic (exact) mass is 461 g/mol. The number of aryl methyl sites for hydroxylation is 1. The quantitative estimate of drug-likeness (QED) is 0.239. The van der Waals surface area contributed by atoms with Crippen molar-refractivity contribution >= 4 is 16.3 Å². The first-order valence-corrected chi connectivity index (χ1v) is 12.1. The Morgan fingerprint density at radius 3 is 1.86 bits per heavy atom. The van der Waals surface area contributed by atoms with Crippen LogP contribution in [-0.2, 0) is 0 Å². The van der Waals surface area contributed by atoms with Crippen molar-refractivity contribution in [3.8, 4) is 39.4 Å². The minimum Gasteiger partial charge on any atom is -0.192 e. The highest BCUT2D eigenvalue weighted by molar-refractivity contribution is 6.05. The van der Waals surface area contributed by atoms with Gasteiger partial charge in [0.2, 0.25) is 0 Å². The molecule has 1 nitrogen and oxygen atoms in total. The van der Waals surface area contributed by atoms with Crippen molar-refractivity contribution in [2.75, 3.05) is 0 Å². The van der Waals surface area contributed by atoms with Gasteiger partial charge in [-0.15, -0.1) is 0 Å². The Morgan fingerprint density at radius 1 is 0.694 bits per heavy atom. The van der Waals surface area contributed by atoms with Gasteiger partial charge in [0, 0.05) is 0 Å². The standard InChI is InChI=1S/C35H27N/c1-4-26(5-2)27-14-16-29(17-15-27)32-18-19-33(35-9-7-6-8-34(32)35)31-21-25(23-36)20-30(22-31)28-12-10-24(3)11-13-28/h4-22H,1H2,2-3H3/b26-5+. The van der Waals surface area contributed by atoms with E-state index in [9.17, 15) is 5.26 Å². The lowest BCUT2D eigenvalue weighted by atomic mass is 9.89. The molecule has 5 aromatic carbocycles. The summed E-state index contributed by atoms with van der Waals surface area (Å²) in [6.07, 6.45) is 3.96. The zero-order valence-electron chi connectivity index (χ0n) is 20.6. The van der Waals surface area contributed by atoms with Gasteiger partial charge in [-0.1, -0.05) is 109 Å². The summed E-state index contributed by atoms with van der Waals surface area (Å²) in [7, 11) is 0. The molecule has 0 unspecified atom stereocenters. The molecule has 172 valence electrons. The van der Waals surface area contributed by atoms with Gasteiger partial charge < -0.3 is 0 Å². The normalized spacial score (nSPS) is 11.3. The maximum Gasteiger partial charge on any atom is 0.0992 e. The van der Waals surface area contributed by atoms with Crippen molar-refractivity contribution in [1.82, 2.24) is 0 Å². The molecule has 0 aliphatic rings. The summed E-state index contributed by atoms with van der Waals surface area (Å²) >= 11 is 0. The second-order valence-electron chi connectivity index (χ2n) is 9.01. The molecule has 0 radical (unpaired) electrons. The van der Waals surface area contributed by atoms with Crippen molar-refractivity contribution in [1.29, 1.82) is 5.26 Å². The first-order chi connectivity index (χ1) is 17.6. The highest BCUT2D eigenvalue weighted by atomic mass is 14.2. The molecular formula is C35H27N. The third-order valence-electron chi connectivity index (χ3n) is 6.74. The molecule has 0 heterocycles. The predicted octanol–water partition coefficient (Wildman–Crippen LogP) is 9.61. The highest BCUT2D eigenvalue weighted by Gasteiger charge is 2.12. The summed E-state index contributed by atoms with van der Waals surface area (Å²) in [6.45, 7) is 8.04. The van der Waals surface area contributed by atoms with E-state index >= 15 is 0 Å². The van der Waals surface area contributed by atoms with Crippen LogP contribution in [0.1, 0.15) is 23.6 Å². The average molecular weight is 462 g/mol. The van der Waals surface area contributed by atoms with Gasteiger partial charge in [0.15, 0.2) is 0 Å². The molecule has 1 heteroatoms. The molecule has 0 amide bonds. The van der Waals surface area contributed by atoms with Crippen LogP contribution in [0.25, 0.3) is 49.7 Å². The maximum absolute atomic E-state index is 9.77. The highest BCUT2D eigenvalue weighted by Crippen LogP contribution is 2.37. The number of nitriles is 1. The molecule has 0 saturated carbocycles. The van der Waals surface area contributed by atoms with Gasteiger partial charge in [-0.3, -0.25) is 0 Å². The smallest absolute Gasteiger partial charge is 0.0992 e. The van der Waals surface area contributed by atoms with Crippen LogP contribution in [0.2, 0.25) is 0 Å². The minimum atomic E-state index is 0.661. The molecule has 0 atom stereocenters. The van der Waals surface area contributed by atoms with E-state index in [0.29, 0.717) is 5.56 Å². The lowest BCUT2D eigenvalue weighted by molar-refractivity contribution is 1.46. The van der Waals surface area contributed by atoms with E-state index in [1.165, 1.54) is 27.5 Å². The molecule has 0 spiro atoms. The van der Waals surface area contributed by atoms with E-state index in [2.05, 4.69) is 117 Å². The first-order valence-electron chi connectivity index (χ1n) is 12.1. The predicted molar refractivity (Wildman–Crippen MR) is 154 cm³/mol. The van der Waals surface area contributed by atoms with Crippen LogP contribution >= 0.6 is 0 Å². The van der Waals surface area contributed by atoms with Crippen LogP contribution in [0.4, 0.5) is 0 Å². The summed E-state index contributed by atoms with van der Waals surface area (Å²) in [6, 6.07) is 38.5. The summed E-state index contributed by atoms with van der Waals surface area (Å²) in [4.78, 5) is 0. The van der Waals surface area contributed by atoms with Gasteiger partial charge in [0.25, 0.3) is 0 Å². The van der Waals surface area contributed by atoms with E-state index < -0.39 is 0 Å². The Labute approximate surface area is 213 Å². The third kappa shape index (κ3) is 4.38. The number of benzene rings is 5. The Morgan fingerprint density at radius 2 is 1.28 bits per heavy atom. The van der Waals surface area contributed by atoms with Crippen LogP contribution in [0.5, 0.6) is 0 Å². The zero-order valence-corrected chi connectivity index (χ0v) is 20.6.